The maximum Gasteiger partial charge on any atom is 0.247 e. The van der Waals surface area contributed by atoms with E-state index in [1.165, 1.54) is 14.0 Å². The highest BCUT2D eigenvalue weighted by atomic mass is 79.9. The maximum atomic E-state index is 10.9. The molecule has 1 N–H and O–H groups in total. The summed E-state index contributed by atoms with van der Waals surface area (Å²) in [6.45, 7) is 1.27. The van der Waals surface area contributed by atoms with Crippen LogP contribution in [0.15, 0.2) is 22.7 Å². The van der Waals surface area contributed by atoms with Crippen molar-refractivity contribution in [1.82, 2.24) is 0 Å². The van der Waals surface area contributed by atoms with Gasteiger partial charge in [-0.1, -0.05) is 15.9 Å². The van der Waals surface area contributed by atoms with Gasteiger partial charge in [-0.05, 0) is 12.1 Å². The molecule has 0 heterocycles. The summed E-state index contributed by atoms with van der Waals surface area (Å²) in [7, 11) is 1.51. The Hall–Kier alpha value is -1.07. The van der Waals surface area contributed by atoms with E-state index < -0.39 is 5.91 Å². The molecule has 0 fully saturated rings. The summed E-state index contributed by atoms with van der Waals surface area (Å²) in [5.41, 5.74) is 0.365. The van der Waals surface area contributed by atoms with Gasteiger partial charge >= 0.3 is 0 Å². The second kappa shape index (κ2) is 4.43. The van der Waals surface area contributed by atoms with Gasteiger partial charge in [-0.25, -0.2) is 0 Å². The zero-order chi connectivity index (χ0) is 10.7. The second-order valence-electron chi connectivity index (χ2n) is 2.68. The Morgan fingerprint density at radius 1 is 1.50 bits per heavy atom. The topological polar surface area (TPSA) is 49.8 Å². The zero-order valence-corrected chi connectivity index (χ0v) is 9.41. The van der Waals surface area contributed by atoms with Crippen LogP contribution in [0.1, 0.15) is 6.92 Å². The highest BCUT2D eigenvalue weighted by molar-refractivity contribution is 9.10. The Labute approximate surface area is 90.2 Å². The van der Waals surface area contributed by atoms with Crippen LogP contribution in [0, 0.1) is 0 Å². The highest BCUT2D eigenvalue weighted by Gasteiger charge is 2.09. The van der Waals surface area contributed by atoms with Crippen molar-refractivity contribution in [3.63, 3.8) is 0 Å². The van der Waals surface area contributed by atoms with Crippen molar-refractivity contribution in [3.8, 4) is 5.75 Å². The number of halogens is 1. The fraction of sp³-hybridized carbons (Fsp3) is 0.222. The van der Waals surface area contributed by atoms with E-state index in [1.54, 1.807) is 18.2 Å². The van der Waals surface area contributed by atoms with E-state index in [1.807, 2.05) is 0 Å². The van der Waals surface area contributed by atoms with Crippen LogP contribution in [0.2, 0.25) is 0 Å². The molecule has 1 amide bonds. The molecule has 0 saturated carbocycles. The molecule has 5 heteroatoms. The molecule has 4 nitrogen and oxygen atoms in total. The average molecular weight is 260 g/mol. The summed E-state index contributed by atoms with van der Waals surface area (Å²) < 4.78 is 5.72. The minimum absolute atomic E-state index is 0.365. The number of carbonyl (C=O) groups is 1. The first kappa shape index (κ1) is 11.0. The summed E-state index contributed by atoms with van der Waals surface area (Å²) in [5, 5.41) is 9.91. The van der Waals surface area contributed by atoms with Crippen LogP contribution in [-0.2, 0) is 4.79 Å². The van der Waals surface area contributed by atoms with Crippen LogP contribution < -0.4 is 9.80 Å². The van der Waals surface area contributed by atoms with E-state index in [0.717, 1.165) is 4.47 Å². The molecule has 1 aromatic carbocycles. The van der Waals surface area contributed by atoms with Gasteiger partial charge in [-0.3, -0.25) is 10.0 Å². The lowest BCUT2D eigenvalue weighted by molar-refractivity contribution is -0.121. The zero-order valence-electron chi connectivity index (χ0n) is 7.82. The van der Waals surface area contributed by atoms with Crippen molar-refractivity contribution in [2.24, 2.45) is 0 Å². The number of nitrogens with zero attached hydrogens (tertiary/aromatic N) is 1. The molecule has 0 unspecified atom stereocenters. The first-order valence-electron chi connectivity index (χ1n) is 3.88. The highest BCUT2D eigenvalue weighted by Crippen LogP contribution is 2.26. The molecule has 0 spiro atoms. The molecule has 0 aliphatic carbocycles. The molecular weight excluding hydrogens is 250 g/mol. The molecular formula is C9H10BrNO3. The van der Waals surface area contributed by atoms with Gasteiger partial charge in [0, 0.05) is 17.5 Å². The van der Waals surface area contributed by atoms with E-state index >= 15 is 0 Å². The van der Waals surface area contributed by atoms with Crippen molar-refractivity contribution >= 4 is 27.5 Å². The van der Waals surface area contributed by atoms with Gasteiger partial charge in [-0.15, -0.1) is 0 Å². The lowest BCUT2D eigenvalue weighted by Gasteiger charge is -2.13. The van der Waals surface area contributed by atoms with Gasteiger partial charge in [0.1, 0.15) is 5.75 Å². The molecule has 0 saturated heterocycles. The molecule has 1 rings (SSSR count). The number of hydrogen-bond donors (Lipinski definition) is 1. The minimum Gasteiger partial charge on any atom is -0.497 e. The van der Waals surface area contributed by atoms with E-state index in [-0.39, 0.29) is 0 Å². The summed E-state index contributed by atoms with van der Waals surface area (Å²) in [6.07, 6.45) is 0. The third-order valence-corrected chi connectivity index (χ3v) is 2.09. The maximum absolute atomic E-state index is 10.9. The Kier molecular flexibility index (Phi) is 3.49. The number of carbonyl (C=O) groups excluding carboxylic acids is 1. The third-order valence-electron chi connectivity index (χ3n) is 1.63. The Morgan fingerprint density at radius 2 is 2.14 bits per heavy atom. The van der Waals surface area contributed by atoms with Gasteiger partial charge in [0.15, 0.2) is 0 Å². The molecule has 0 aliphatic rings. The van der Waals surface area contributed by atoms with Gasteiger partial charge in [0.05, 0.1) is 12.8 Å². The van der Waals surface area contributed by atoms with Crippen LogP contribution in [0.4, 0.5) is 5.69 Å². The van der Waals surface area contributed by atoms with Gasteiger partial charge in [-0.2, -0.15) is 5.06 Å². The molecule has 76 valence electrons. The predicted octanol–water partition coefficient (Wildman–Crippen LogP) is 2.20. The quantitative estimate of drug-likeness (QED) is 0.655. The van der Waals surface area contributed by atoms with Gasteiger partial charge in [0.25, 0.3) is 0 Å². The number of rotatable bonds is 2. The van der Waals surface area contributed by atoms with Gasteiger partial charge < -0.3 is 4.74 Å². The average Bonchev–Trinajstić information content (AvgIpc) is 2.15. The van der Waals surface area contributed by atoms with Crippen LogP contribution in [0.25, 0.3) is 0 Å². The summed E-state index contributed by atoms with van der Waals surface area (Å²) in [6, 6.07) is 4.91. The van der Waals surface area contributed by atoms with Crippen molar-refractivity contribution in [3.05, 3.63) is 22.7 Å². The van der Waals surface area contributed by atoms with E-state index in [2.05, 4.69) is 15.9 Å². The number of benzene rings is 1. The second-order valence-corrected chi connectivity index (χ2v) is 3.60. The SMILES string of the molecule is COc1cc(Br)cc(N(O)C(C)=O)c1. The van der Waals surface area contributed by atoms with Crippen LogP contribution in [-0.4, -0.2) is 18.2 Å². The summed E-state index contributed by atoms with van der Waals surface area (Å²) in [5.74, 6) is 0.111. The third kappa shape index (κ3) is 2.46. The first-order chi connectivity index (χ1) is 6.54. The van der Waals surface area contributed by atoms with Crippen molar-refractivity contribution in [2.45, 2.75) is 6.92 Å². The summed E-state index contributed by atoms with van der Waals surface area (Å²) >= 11 is 3.24. The molecule has 14 heavy (non-hydrogen) atoms. The molecule has 0 aliphatic heterocycles. The summed E-state index contributed by atoms with van der Waals surface area (Å²) in [4.78, 5) is 10.9. The number of anilines is 1. The fourth-order valence-electron chi connectivity index (χ4n) is 0.970. The molecule has 1 aromatic rings. The minimum atomic E-state index is -0.454. The van der Waals surface area contributed by atoms with E-state index in [0.29, 0.717) is 16.5 Å². The molecule has 0 bridgehead atoms. The van der Waals surface area contributed by atoms with Crippen molar-refractivity contribution < 1.29 is 14.7 Å². The Bertz CT molecular complexity index is 354. The number of ether oxygens (including phenoxy) is 1. The van der Waals surface area contributed by atoms with Crippen LogP contribution in [0.5, 0.6) is 5.75 Å². The standard InChI is InChI=1S/C9H10BrNO3/c1-6(12)11(13)8-3-7(10)4-9(5-8)14-2/h3-5,13H,1-2H3. The number of hydroxylamine groups is 1. The fourth-order valence-corrected chi connectivity index (χ4v) is 1.43. The molecule has 0 aromatic heterocycles. The Balaban J connectivity index is 3.08. The number of amides is 1. The van der Waals surface area contributed by atoms with Crippen molar-refractivity contribution in [2.75, 3.05) is 12.2 Å². The molecule has 0 atom stereocenters. The van der Waals surface area contributed by atoms with Gasteiger partial charge in [0.2, 0.25) is 5.91 Å². The normalized spacial score (nSPS) is 9.71. The van der Waals surface area contributed by atoms with E-state index in [4.69, 9.17) is 4.74 Å². The number of methoxy groups -OCH3 is 1. The van der Waals surface area contributed by atoms with Crippen LogP contribution in [0.3, 0.4) is 0 Å². The number of hydrogen-bond acceptors (Lipinski definition) is 3. The van der Waals surface area contributed by atoms with Crippen molar-refractivity contribution in [1.29, 1.82) is 0 Å². The first-order valence-corrected chi connectivity index (χ1v) is 4.68. The lowest BCUT2D eigenvalue weighted by atomic mass is 10.3. The van der Waals surface area contributed by atoms with Crippen LogP contribution >= 0.6 is 15.9 Å². The largest absolute Gasteiger partial charge is 0.497 e. The monoisotopic (exact) mass is 259 g/mol. The predicted molar refractivity (Wildman–Crippen MR) is 55.6 cm³/mol. The lowest BCUT2D eigenvalue weighted by Crippen LogP contribution is -2.23. The van der Waals surface area contributed by atoms with E-state index in [9.17, 15) is 10.0 Å². The smallest absolute Gasteiger partial charge is 0.247 e. The molecule has 0 radical (unpaired) electrons. The Morgan fingerprint density at radius 3 is 2.64 bits per heavy atom.